The normalized spacial score (nSPS) is 11.3. The van der Waals surface area contributed by atoms with Crippen molar-refractivity contribution in [2.24, 2.45) is 0 Å². The van der Waals surface area contributed by atoms with Crippen molar-refractivity contribution < 1.29 is 29.4 Å². The molecule has 3 amide bonds. The smallest absolute Gasteiger partial charge is 0.328 e. The van der Waals surface area contributed by atoms with E-state index >= 15 is 0 Å². The molecular formula is C24H23N3O6S. The Morgan fingerprint density at radius 3 is 2.38 bits per heavy atom. The van der Waals surface area contributed by atoms with Crippen molar-refractivity contribution in [1.29, 1.82) is 0 Å². The van der Waals surface area contributed by atoms with Crippen molar-refractivity contribution >= 4 is 35.0 Å². The third-order valence-corrected chi connectivity index (χ3v) is 5.78. The molecule has 0 aliphatic carbocycles. The van der Waals surface area contributed by atoms with Crippen molar-refractivity contribution in [2.45, 2.75) is 19.5 Å². The highest BCUT2D eigenvalue weighted by molar-refractivity contribution is 7.12. The first kappa shape index (κ1) is 24.5. The molecule has 176 valence electrons. The molecule has 10 heteroatoms. The van der Waals surface area contributed by atoms with Crippen molar-refractivity contribution in [3.8, 4) is 5.75 Å². The summed E-state index contributed by atoms with van der Waals surface area (Å²) in [5.41, 5.74) is 1.74. The van der Waals surface area contributed by atoms with Crippen LogP contribution in [0.5, 0.6) is 5.75 Å². The highest BCUT2D eigenvalue weighted by atomic mass is 32.1. The Labute approximate surface area is 199 Å². The summed E-state index contributed by atoms with van der Waals surface area (Å²) >= 11 is 1.22. The highest BCUT2D eigenvalue weighted by Gasteiger charge is 2.23. The molecule has 0 fully saturated rings. The van der Waals surface area contributed by atoms with Gasteiger partial charge < -0.3 is 26.2 Å². The molecule has 5 N–H and O–H groups in total. The second-order valence-electron chi connectivity index (χ2n) is 7.43. The van der Waals surface area contributed by atoms with Gasteiger partial charge in [0.05, 0.1) is 4.88 Å². The lowest BCUT2D eigenvalue weighted by molar-refractivity contribution is -0.139. The summed E-state index contributed by atoms with van der Waals surface area (Å²) in [5.74, 6) is -2.61. The monoisotopic (exact) mass is 481 g/mol. The molecule has 34 heavy (non-hydrogen) atoms. The number of thiophene rings is 1. The van der Waals surface area contributed by atoms with Gasteiger partial charge in [0.2, 0.25) is 0 Å². The van der Waals surface area contributed by atoms with Crippen LogP contribution in [0.1, 0.15) is 41.5 Å². The van der Waals surface area contributed by atoms with Gasteiger partial charge in [0.25, 0.3) is 17.7 Å². The third kappa shape index (κ3) is 6.42. The lowest BCUT2D eigenvalue weighted by Crippen LogP contribution is -2.48. The average Bonchev–Trinajstić information content (AvgIpc) is 3.34. The molecule has 9 nitrogen and oxygen atoms in total. The summed E-state index contributed by atoms with van der Waals surface area (Å²) in [7, 11) is 0. The van der Waals surface area contributed by atoms with Crippen LogP contribution in [0.15, 0.2) is 60.0 Å². The second-order valence-corrected chi connectivity index (χ2v) is 8.38. The van der Waals surface area contributed by atoms with E-state index in [4.69, 9.17) is 0 Å². The maximum atomic E-state index is 12.7. The highest BCUT2D eigenvalue weighted by Crippen LogP contribution is 2.14. The minimum absolute atomic E-state index is 0.101. The number of aryl methyl sites for hydroxylation is 1. The Morgan fingerprint density at radius 2 is 1.74 bits per heavy atom. The molecule has 3 aromatic rings. The van der Waals surface area contributed by atoms with Crippen molar-refractivity contribution in [1.82, 2.24) is 16.0 Å². The molecule has 2 aromatic carbocycles. The summed E-state index contributed by atoms with van der Waals surface area (Å²) in [6.07, 6.45) is 0. The number of phenolic OH excluding ortho intramolecular Hbond substituents is 1. The van der Waals surface area contributed by atoms with Gasteiger partial charge in [0.15, 0.2) is 0 Å². The number of hydrogen-bond acceptors (Lipinski definition) is 6. The van der Waals surface area contributed by atoms with E-state index < -0.39 is 23.8 Å². The fraction of sp³-hybridized carbons (Fsp3) is 0.167. The number of amides is 3. The number of rotatable bonds is 9. The number of carboxylic acid groups (broad SMARTS) is 1. The molecule has 0 saturated carbocycles. The summed E-state index contributed by atoms with van der Waals surface area (Å²) in [6, 6.07) is 12.9. The van der Waals surface area contributed by atoms with Crippen molar-refractivity contribution in [2.75, 3.05) is 6.54 Å². The Balaban J connectivity index is 1.60. The van der Waals surface area contributed by atoms with Crippen molar-refractivity contribution in [3.05, 3.63) is 87.1 Å². The van der Waals surface area contributed by atoms with Crippen LogP contribution in [0.3, 0.4) is 0 Å². The van der Waals surface area contributed by atoms with Gasteiger partial charge in [-0.1, -0.05) is 18.2 Å². The minimum atomic E-state index is -1.33. The number of carbonyl (C=O) groups is 4. The topological polar surface area (TPSA) is 145 Å². The number of phenols is 1. The van der Waals surface area contributed by atoms with E-state index in [1.165, 1.54) is 35.6 Å². The van der Waals surface area contributed by atoms with Crippen LogP contribution in [0.4, 0.5) is 0 Å². The summed E-state index contributed by atoms with van der Waals surface area (Å²) in [4.78, 5) is 49.2. The van der Waals surface area contributed by atoms with Gasteiger partial charge in [-0.05, 0) is 59.8 Å². The van der Waals surface area contributed by atoms with Crippen LogP contribution in [-0.2, 0) is 11.3 Å². The zero-order chi connectivity index (χ0) is 24.7. The second kappa shape index (κ2) is 11.1. The van der Waals surface area contributed by atoms with Crippen LogP contribution < -0.4 is 16.0 Å². The van der Waals surface area contributed by atoms with Crippen LogP contribution >= 0.6 is 11.3 Å². The summed E-state index contributed by atoms with van der Waals surface area (Å²) in [6.45, 7) is 1.56. The van der Waals surface area contributed by atoms with Crippen LogP contribution in [0.25, 0.3) is 0 Å². The van der Waals surface area contributed by atoms with E-state index in [9.17, 15) is 29.4 Å². The Kier molecular flexibility index (Phi) is 7.99. The van der Waals surface area contributed by atoms with Gasteiger partial charge in [-0.25, -0.2) is 4.79 Å². The number of nitrogens with one attached hydrogen (secondary N) is 3. The summed E-state index contributed by atoms with van der Waals surface area (Å²) in [5, 5.41) is 28.3. The number of hydrogen-bond donors (Lipinski definition) is 5. The van der Waals surface area contributed by atoms with E-state index in [1.54, 1.807) is 42.6 Å². The molecular weight excluding hydrogens is 458 g/mol. The molecule has 0 aliphatic heterocycles. The van der Waals surface area contributed by atoms with Crippen LogP contribution in [-0.4, -0.2) is 46.5 Å². The lowest BCUT2D eigenvalue weighted by Gasteiger charge is -2.16. The zero-order valence-electron chi connectivity index (χ0n) is 18.2. The molecule has 1 atom stereocenters. The Hall–Kier alpha value is -4.18. The average molecular weight is 482 g/mol. The van der Waals surface area contributed by atoms with Crippen molar-refractivity contribution in [3.63, 3.8) is 0 Å². The standard InChI is InChI=1S/C24H23N3O6S/c1-14-10-16(21(29)25-12-15-4-2-5-17(28)11-15)7-8-18(14)22(30)27-19(24(32)33)13-26-23(31)20-6-3-9-34-20/h2-11,19,28H,12-13H2,1H3,(H,25,29)(H,26,31)(H,27,30)(H,32,33)/t19-/m0/s1. The Morgan fingerprint density at radius 1 is 0.941 bits per heavy atom. The summed E-state index contributed by atoms with van der Waals surface area (Å²) < 4.78 is 0. The van der Waals surface area contributed by atoms with Gasteiger partial charge in [0, 0.05) is 24.2 Å². The van der Waals surface area contributed by atoms with E-state index in [1.807, 2.05) is 0 Å². The quantitative estimate of drug-likeness (QED) is 0.317. The zero-order valence-corrected chi connectivity index (χ0v) is 19.0. The molecule has 0 bridgehead atoms. The van der Waals surface area contributed by atoms with E-state index in [0.29, 0.717) is 16.0 Å². The molecule has 1 aromatic heterocycles. The SMILES string of the molecule is Cc1cc(C(=O)NCc2cccc(O)c2)ccc1C(=O)N[C@@H](CNC(=O)c1cccs1)C(=O)O. The first-order valence-corrected chi connectivity index (χ1v) is 11.1. The van der Waals surface area contributed by atoms with Gasteiger partial charge in [-0.15, -0.1) is 11.3 Å². The number of aromatic hydroxyl groups is 1. The molecule has 0 saturated heterocycles. The lowest BCUT2D eigenvalue weighted by atomic mass is 10.0. The predicted molar refractivity (Wildman–Crippen MR) is 126 cm³/mol. The third-order valence-electron chi connectivity index (χ3n) is 4.91. The number of carboxylic acids is 1. The van der Waals surface area contributed by atoms with Crippen LogP contribution in [0, 0.1) is 6.92 Å². The molecule has 0 aliphatic rings. The van der Waals surface area contributed by atoms with Gasteiger partial charge >= 0.3 is 5.97 Å². The maximum absolute atomic E-state index is 12.7. The molecule has 1 heterocycles. The molecule has 0 unspecified atom stereocenters. The number of aliphatic carboxylic acids is 1. The van der Waals surface area contributed by atoms with Crippen LogP contribution in [0.2, 0.25) is 0 Å². The fourth-order valence-corrected chi connectivity index (χ4v) is 3.78. The minimum Gasteiger partial charge on any atom is -0.508 e. The molecule has 0 spiro atoms. The predicted octanol–water partition coefficient (Wildman–Crippen LogP) is 2.31. The maximum Gasteiger partial charge on any atom is 0.328 e. The molecule has 3 rings (SSSR count). The van der Waals surface area contributed by atoms with Gasteiger partial charge in [-0.3, -0.25) is 14.4 Å². The van der Waals surface area contributed by atoms with E-state index in [-0.39, 0.29) is 30.3 Å². The number of benzene rings is 2. The van der Waals surface area contributed by atoms with E-state index in [0.717, 1.165) is 5.56 Å². The van der Waals surface area contributed by atoms with Gasteiger partial charge in [-0.2, -0.15) is 0 Å². The first-order chi connectivity index (χ1) is 16.2. The fourth-order valence-electron chi connectivity index (χ4n) is 3.14. The molecule has 0 radical (unpaired) electrons. The largest absolute Gasteiger partial charge is 0.508 e. The Bertz CT molecular complexity index is 1210. The first-order valence-electron chi connectivity index (χ1n) is 10.3. The number of carbonyl (C=O) groups excluding carboxylic acids is 3. The van der Waals surface area contributed by atoms with E-state index in [2.05, 4.69) is 16.0 Å². The van der Waals surface area contributed by atoms with Gasteiger partial charge in [0.1, 0.15) is 11.8 Å².